The maximum Gasteiger partial charge on any atom is 0.123 e. The summed E-state index contributed by atoms with van der Waals surface area (Å²) < 4.78 is 26.2. The topological polar surface area (TPSA) is 12.0 Å². The van der Waals surface area contributed by atoms with Crippen LogP contribution in [0.15, 0.2) is 48.5 Å². The number of benzene rings is 2. The standard InChI is InChI=1S/C18H21F2N/c1-2-21-13-16(10-14-6-8-17(19)9-7-14)11-15-4-3-5-18(20)12-15/h3-9,12,16,21H,2,10-11,13H2,1H3. The summed E-state index contributed by atoms with van der Waals surface area (Å²) >= 11 is 0. The molecule has 1 nitrogen and oxygen atoms in total. The largest absolute Gasteiger partial charge is 0.317 e. The SMILES string of the molecule is CCNCC(Cc1ccc(F)cc1)Cc1cccc(F)c1. The fraction of sp³-hybridized carbons (Fsp3) is 0.333. The van der Waals surface area contributed by atoms with Crippen molar-refractivity contribution >= 4 is 0 Å². The molecule has 1 atom stereocenters. The monoisotopic (exact) mass is 289 g/mol. The summed E-state index contributed by atoms with van der Waals surface area (Å²) in [5, 5.41) is 3.35. The van der Waals surface area contributed by atoms with E-state index in [1.54, 1.807) is 12.1 Å². The first-order chi connectivity index (χ1) is 10.2. The number of rotatable bonds is 7. The van der Waals surface area contributed by atoms with Gasteiger partial charge in [-0.25, -0.2) is 8.78 Å². The molecule has 0 aliphatic heterocycles. The molecule has 0 fully saturated rings. The zero-order valence-electron chi connectivity index (χ0n) is 12.3. The first kappa shape index (κ1) is 15.6. The van der Waals surface area contributed by atoms with E-state index in [1.807, 2.05) is 18.2 Å². The van der Waals surface area contributed by atoms with Crippen molar-refractivity contribution in [1.82, 2.24) is 5.32 Å². The van der Waals surface area contributed by atoms with Gasteiger partial charge in [-0.1, -0.05) is 31.2 Å². The zero-order valence-corrected chi connectivity index (χ0v) is 12.3. The summed E-state index contributed by atoms with van der Waals surface area (Å²) in [6, 6.07) is 13.4. The van der Waals surface area contributed by atoms with E-state index in [0.29, 0.717) is 5.92 Å². The van der Waals surface area contributed by atoms with E-state index in [9.17, 15) is 8.78 Å². The lowest BCUT2D eigenvalue weighted by Gasteiger charge is -2.18. The fourth-order valence-corrected chi connectivity index (χ4v) is 2.52. The van der Waals surface area contributed by atoms with Gasteiger partial charge in [-0.05, 0) is 67.2 Å². The molecule has 3 heteroatoms. The smallest absolute Gasteiger partial charge is 0.123 e. The first-order valence-electron chi connectivity index (χ1n) is 7.37. The third kappa shape index (κ3) is 5.27. The molecular weight excluding hydrogens is 268 g/mol. The summed E-state index contributed by atoms with van der Waals surface area (Å²) in [5.41, 5.74) is 2.11. The van der Waals surface area contributed by atoms with Crippen LogP contribution in [0.3, 0.4) is 0 Å². The average Bonchev–Trinajstić information content (AvgIpc) is 2.47. The minimum Gasteiger partial charge on any atom is -0.317 e. The molecule has 0 saturated carbocycles. The van der Waals surface area contributed by atoms with Crippen LogP contribution in [-0.2, 0) is 12.8 Å². The lowest BCUT2D eigenvalue weighted by atomic mass is 9.92. The highest BCUT2D eigenvalue weighted by molar-refractivity contribution is 5.20. The highest BCUT2D eigenvalue weighted by Crippen LogP contribution is 2.16. The van der Waals surface area contributed by atoms with E-state index in [1.165, 1.54) is 18.2 Å². The van der Waals surface area contributed by atoms with Gasteiger partial charge in [0, 0.05) is 0 Å². The van der Waals surface area contributed by atoms with Gasteiger partial charge in [-0.2, -0.15) is 0 Å². The van der Waals surface area contributed by atoms with Crippen LogP contribution < -0.4 is 5.32 Å². The maximum atomic E-state index is 13.3. The second kappa shape index (κ2) is 7.89. The summed E-state index contributed by atoms with van der Waals surface area (Å²) in [7, 11) is 0. The van der Waals surface area contributed by atoms with Crippen LogP contribution in [0, 0.1) is 17.6 Å². The molecule has 2 aromatic carbocycles. The molecule has 0 amide bonds. The van der Waals surface area contributed by atoms with Crippen LogP contribution in [0.1, 0.15) is 18.1 Å². The van der Waals surface area contributed by atoms with Crippen molar-refractivity contribution in [3.05, 3.63) is 71.3 Å². The molecule has 0 heterocycles. The Labute approximate surface area is 125 Å². The van der Waals surface area contributed by atoms with Crippen molar-refractivity contribution in [2.24, 2.45) is 5.92 Å². The molecule has 2 rings (SSSR count). The summed E-state index contributed by atoms with van der Waals surface area (Å²) in [5.74, 6) is -0.0548. The van der Waals surface area contributed by atoms with Gasteiger partial charge in [0.15, 0.2) is 0 Å². The van der Waals surface area contributed by atoms with Gasteiger partial charge in [0.2, 0.25) is 0 Å². The normalized spacial score (nSPS) is 12.3. The number of nitrogens with one attached hydrogen (secondary N) is 1. The van der Waals surface area contributed by atoms with Gasteiger partial charge in [-0.3, -0.25) is 0 Å². The van der Waals surface area contributed by atoms with Crippen LogP contribution in [0.2, 0.25) is 0 Å². The molecule has 0 aromatic heterocycles. The van der Waals surface area contributed by atoms with Crippen molar-refractivity contribution < 1.29 is 8.78 Å². The van der Waals surface area contributed by atoms with Crippen molar-refractivity contribution in [2.45, 2.75) is 19.8 Å². The molecule has 0 aliphatic carbocycles. The lowest BCUT2D eigenvalue weighted by molar-refractivity contribution is 0.476. The van der Waals surface area contributed by atoms with Gasteiger partial charge >= 0.3 is 0 Å². The Morgan fingerprint density at radius 3 is 2.29 bits per heavy atom. The third-order valence-corrected chi connectivity index (χ3v) is 3.53. The highest BCUT2D eigenvalue weighted by atomic mass is 19.1. The molecule has 112 valence electrons. The van der Waals surface area contributed by atoms with Crippen molar-refractivity contribution in [2.75, 3.05) is 13.1 Å². The van der Waals surface area contributed by atoms with Crippen LogP contribution in [-0.4, -0.2) is 13.1 Å². The number of hydrogen-bond acceptors (Lipinski definition) is 1. The summed E-state index contributed by atoms with van der Waals surface area (Å²) in [6.07, 6.45) is 1.66. The molecule has 1 unspecified atom stereocenters. The van der Waals surface area contributed by atoms with Crippen molar-refractivity contribution in [1.29, 1.82) is 0 Å². The molecule has 21 heavy (non-hydrogen) atoms. The molecular formula is C18H21F2N. The third-order valence-electron chi connectivity index (χ3n) is 3.53. The van der Waals surface area contributed by atoms with E-state index >= 15 is 0 Å². The fourth-order valence-electron chi connectivity index (χ4n) is 2.52. The molecule has 0 radical (unpaired) electrons. The summed E-state index contributed by atoms with van der Waals surface area (Å²) in [6.45, 7) is 3.84. The number of halogens is 2. The van der Waals surface area contributed by atoms with Crippen LogP contribution >= 0.6 is 0 Å². The first-order valence-corrected chi connectivity index (χ1v) is 7.37. The Balaban J connectivity index is 2.04. The lowest BCUT2D eigenvalue weighted by Crippen LogP contribution is -2.25. The Bertz CT molecular complexity index is 551. The second-order valence-corrected chi connectivity index (χ2v) is 5.34. The predicted octanol–water partition coefficient (Wildman–Crippen LogP) is 3.98. The van der Waals surface area contributed by atoms with Gasteiger partial charge in [0.1, 0.15) is 11.6 Å². The molecule has 2 aromatic rings. The Morgan fingerprint density at radius 1 is 0.905 bits per heavy atom. The Morgan fingerprint density at radius 2 is 1.62 bits per heavy atom. The van der Waals surface area contributed by atoms with E-state index in [-0.39, 0.29) is 11.6 Å². The average molecular weight is 289 g/mol. The van der Waals surface area contributed by atoms with Crippen molar-refractivity contribution in [3.8, 4) is 0 Å². The van der Waals surface area contributed by atoms with Gasteiger partial charge in [0.05, 0.1) is 0 Å². The van der Waals surface area contributed by atoms with Gasteiger partial charge in [0.25, 0.3) is 0 Å². The van der Waals surface area contributed by atoms with E-state index in [2.05, 4.69) is 12.2 Å². The number of hydrogen-bond donors (Lipinski definition) is 1. The maximum absolute atomic E-state index is 13.3. The second-order valence-electron chi connectivity index (χ2n) is 5.34. The van der Waals surface area contributed by atoms with Crippen LogP contribution in [0.5, 0.6) is 0 Å². The highest BCUT2D eigenvalue weighted by Gasteiger charge is 2.11. The van der Waals surface area contributed by atoms with Crippen LogP contribution in [0.25, 0.3) is 0 Å². The van der Waals surface area contributed by atoms with Crippen molar-refractivity contribution in [3.63, 3.8) is 0 Å². The van der Waals surface area contributed by atoms with Gasteiger partial charge in [-0.15, -0.1) is 0 Å². The minimum atomic E-state index is -0.216. The Hall–Kier alpha value is -1.74. The quantitative estimate of drug-likeness (QED) is 0.813. The molecule has 0 aliphatic rings. The minimum absolute atomic E-state index is 0.198. The van der Waals surface area contributed by atoms with E-state index in [0.717, 1.165) is 37.1 Å². The molecule has 0 saturated heterocycles. The van der Waals surface area contributed by atoms with Gasteiger partial charge < -0.3 is 5.32 Å². The molecule has 0 bridgehead atoms. The van der Waals surface area contributed by atoms with E-state index < -0.39 is 0 Å². The van der Waals surface area contributed by atoms with E-state index in [4.69, 9.17) is 0 Å². The predicted molar refractivity (Wildman–Crippen MR) is 82.2 cm³/mol. The molecule has 1 N–H and O–H groups in total. The summed E-state index contributed by atoms with van der Waals surface area (Å²) in [4.78, 5) is 0. The zero-order chi connectivity index (χ0) is 15.1. The van der Waals surface area contributed by atoms with Crippen LogP contribution in [0.4, 0.5) is 8.78 Å². The molecule has 0 spiro atoms. The Kier molecular flexibility index (Phi) is 5.88.